The lowest BCUT2D eigenvalue weighted by Gasteiger charge is -2.32. The Bertz CT molecular complexity index is 1400. The molecule has 0 unspecified atom stereocenters. The summed E-state index contributed by atoms with van der Waals surface area (Å²) in [5, 5.41) is 2.80. The van der Waals surface area contributed by atoms with Crippen LogP contribution < -0.4 is 9.62 Å². The van der Waals surface area contributed by atoms with Crippen molar-refractivity contribution in [3.05, 3.63) is 94.2 Å². The molecule has 0 aliphatic rings. The summed E-state index contributed by atoms with van der Waals surface area (Å²) in [6.45, 7) is 6.34. The first-order valence-electron chi connectivity index (χ1n) is 12.1. The van der Waals surface area contributed by atoms with E-state index in [-0.39, 0.29) is 29.1 Å². The molecular formula is C28H31BrFN3O4S. The van der Waals surface area contributed by atoms with Gasteiger partial charge in [0.05, 0.1) is 10.6 Å². The number of sulfonamides is 1. The second kappa shape index (κ2) is 12.5. The van der Waals surface area contributed by atoms with Gasteiger partial charge >= 0.3 is 0 Å². The number of carbonyl (C=O) groups excluding carboxylic acids is 2. The van der Waals surface area contributed by atoms with Gasteiger partial charge in [0, 0.05) is 17.1 Å². The largest absolute Gasteiger partial charge is 0.352 e. The standard InChI is InChI=1S/C28H31BrFN3O4S/c1-19(2)31-28(35)21(4)32(17-22-8-7-9-23(29)16-22)27(34)18-33(26-11-6-5-10-25(26)30)38(36,37)24-14-12-20(3)13-15-24/h5-16,19,21H,17-18H2,1-4H3,(H,31,35)/t21-/m0/s1. The molecule has 10 heteroatoms. The summed E-state index contributed by atoms with van der Waals surface area (Å²) >= 11 is 3.41. The van der Waals surface area contributed by atoms with E-state index in [1.165, 1.54) is 35.2 Å². The van der Waals surface area contributed by atoms with Crippen molar-refractivity contribution in [2.75, 3.05) is 10.8 Å². The van der Waals surface area contributed by atoms with E-state index in [1.54, 1.807) is 45.0 Å². The fourth-order valence-corrected chi connectivity index (χ4v) is 5.69. The summed E-state index contributed by atoms with van der Waals surface area (Å²) in [7, 11) is -4.33. The van der Waals surface area contributed by atoms with E-state index in [0.717, 1.165) is 26.0 Å². The molecule has 3 aromatic carbocycles. The number of aryl methyl sites for hydroxylation is 1. The van der Waals surface area contributed by atoms with Crippen LogP contribution in [0.2, 0.25) is 0 Å². The molecule has 0 fully saturated rings. The lowest BCUT2D eigenvalue weighted by Crippen LogP contribution is -2.52. The van der Waals surface area contributed by atoms with E-state index in [0.29, 0.717) is 0 Å². The van der Waals surface area contributed by atoms with Crippen molar-refractivity contribution >= 4 is 43.5 Å². The molecule has 3 aromatic rings. The molecule has 202 valence electrons. The third kappa shape index (κ3) is 7.20. The zero-order chi connectivity index (χ0) is 28.0. The summed E-state index contributed by atoms with van der Waals surface area (Å²) < 4.78 is 43.9. The second-order valence-corrected chi connectivity index (χ2v) is 12.0. The van der Waals surface area contributed by atoms with Gasteiger partial charge in [0.25, 0.3) is 10.0 Å². The van der Waals surface area contributed by atoms with E-state index >= 15 is 0 Å². The molecule has 0 aliphatic carbocycles. The minimum atomic E-state index is -4.33. The molecule has 7 nitrogen and oxygen atoms in total. The highest BCUT2D eigenvalue weighted by Gasteiger charge is 2.33. The number of hydrogen-bond donors (Lipinski definition) is 1. The van der Waals surface area contributed by atoms with Crippen LogP contribution in [0.15, 0.2) is 82.2 Å². The Hall–Kier alpha value is -3.24. The minimum Gasteiger partial charge on any atom is -0.352 e. The molecule has 0 spiro atoms. The van der Waals surface area contributed by atoms with Crippen molar-refractivity contribution in [3.63, 3.8) is 0 Å². The van der Waals surface area contributed by atoms with Crippen LogP contribution >= 0.6 is 15.9 Å². The molecule has 0 heterocycles. The predicted octanol–water partition coefficient (Wildman–Crippen LogP) is 5.03. The molecule has 0 aliphatic heterocycles. The van der Waals surface area contributed by atoms with Crippen molar-refractivity contribution in [3.8, 4) is 0 Å². The summed E-state index contributed by atoms with van der Waals surface area (Å²) in [5.74, 6) is -1.84. The van der Waals surface area contributed by atoms with E-state index in [1.807, 2.05) is 19.1 Å². The highest BCUT2D eigenvalue weighted by Crippen LogP contribution is 2.27. The van der Waals surface area contributed by atoms with E-state index in [2.05, 4.69) is 21.2 Å². The highest BCUT2D eigenvalue weighted by molar-refractivity contribution is 9.10. The Kier molecular flexibility index (Phi) is 9.67. The molecule has 3 rings (SSSR count). The molecule has 1 N–H and O–H groups in total. The molecule has 38 heavy (non-hydrogen) atoms. The Morgan fingerprint density at radius 2 is 1.63 bits per heavy atom. The van der Waals surface area contributed by atoms with Crippen LogP contribution in [0, 0.1) is 12.7 Å². The molecule has 1 atom stereocenters. The number of benzene rings is 3. The number of amides is 2. The lowest BCUT2D eigenvalue weighted by molar-refractivity contribution is -0.139. The first-order valence-corrected chi connectivity index (χ1v) is 14.3. The van der Waals surface area contributed by atoms with Crippen molar-refractivity contribution in [2.24, 2.45) is 0 Å². The van der Waals surface area contributed by atoms with Crippen LogP contribution in [-0.4, -0.2) is 43.8 Å². The van der Waals surface area contributed by atoms with Crippen LogP contribution in [0.3, 0.4) is 0 Å². The number of anilines is 1. The maximum atomic E-state index is 14.9. The van der Waals surface area contributed by atoms with Gasteiger partial charge in [-0.3, -0.25) is 13.9 Å². The average Bonchev–Trinajstić information content (AvgIpc) is 2.85. The number of halogens is 2. The summed E-state index contributed by atoms with van der Waals surface area (Å²) in [6, 6.07) is 17.6. The van der Waals surface area contributed by atoms with Crippen molar-refractivity contribution < 1.29 is 22.4 Å². The van der Waals surface area contributed by atoms with Gasteiger partial charge in [0.2, 0.25) is 11.8 Å². The van der Waals surface area contributed by atoms with Crippen LogP contribution in [0.5, 0.6) is 0 Å². The summed E-state index contributed by atoms with van der Waals surface area (Å²) in [6.07, 6.45) is 0. The van der Waals surface area contributed by atoms with Gasteiger partial charge in [-0.05, 0) is 69.7 Å². The van der Waals surface area contributed by atoms with Gasteiger partial charge in [-0.15, -0.1) is 0 Å². The maximum absolute atomic E-state index is 14.9. The molecule has 2 amide bonds. The van der Waals surface area contributed by atoms with Gasteiger partial charge in [0.1, 0.15) is 18.4 Å². The second-order valence-electron chi connectivity index (χ2n) is 9.27. The average molecular weight is 605 g/mol. The fourth-order valence-electron chi connectivity index (χ4n) is 3.82. The summed E-state index contributed by atoms with van der Waals surface area (Å²) in [4.78, 5) is 27.9. The van der Waals surface area contributed by atoms with Crippen molar-refractivity contribution in [1.29, 1.82) is 0 Å². The number of para-hydroxylation sites is 1. The number of hydrogen-bond acceptors (Lipinski definition) is 4. The number of nitrogens with one attached hydrogen (secondary N) is 1. The zero-order valence-corrected chi connectivity index (χ0v) is 24.1. The monoisotopic (exact) mass is 603 g/mol. The Balaban J connectivity index is 2.05. The molecule has 0 saturated heterocycles. The van der Waals surface area contributed by atoms with Gasteiger partial charge in [-0.2, -0.15) is 0 Å². The van der Waals surface area contributed by atoms with Crippen LogP contribution in [0.1, 0.15) is 31.9 Å². The molecule has 0 aromatic heterocycles. The number of rotatable bonds is 10. The van der Waals surface area contributed by atoms with Crippen LogP contribution in [-0.2, 0) is 26.2 Å². The van der Waals surface area contributed by atoms with E-state index in [4.69, 9.17) is 0 Å². The van der Waals surface area contributed by atoms with Crippen LogP contribution in [0.4, 0.5) is 10.1 Å². The van der Waals surface area contributed by atoms with Crippen molar-refractivity contribution in [2.45, 2.75) is 51.2 Å². The first-order chi connectivity index (χ1) is 17.9. The zero-order valence-electron chi connectivity index (χ0n) is 21.7. The Morgan fingerprint density at radius 3 is 2.24 bits per heavy atom. The normalized spacial score (nSPS) is 12.2. The first kappa shape index (κ1) is 29.3. The Labute approximate surface area is 231 Å². The molecule has 0 bridgehead atoms. The van der Waals surface area contributed by atoms with Gasteiger partial charge in [-0.1, -0.05) is 57.9 Å². The smallest absolute Gasteiger partial charge is 0.264 e. The Morgan fingerprint density at radius 1 is 0.974 bits per heavy atom. The highest BCUT2D eigenvalue weighted by atomic mass is 79.9. The summed E-state index contributed by atoms with van der Waals surface area (Å²) in [5.41, 5.74) is 1.32. The predicted molar refractivity (Wildman–Crippen MR) is 150 cm³/mol. The minimum absolute atomic E-state index is 0.0423. The fraction of sp³-hybridized carbons (Fsp3) is 0.286. The van der Waals surface area contributed by atoms with Crippen molar-refractivity contribution in [1.82, 2.24) is 10.2 Å². The van der Waals surface area contributed by atoms with Gasteiger partial charge in [-0.25, -0.2) is 12.8 Å². The van der Waals surface area contributed by atoms with Gasteiger partial charge < -0.3 is 10.2 Å². The topological polar surface area (TPSA) is 86.8 Å². The molecule has 0 radical (unpaired) electrons. The quantitative estimate of drug-likeness (QED) is 0.352. The maximum Gasteiger partial charge on any atom is 0.264 e. The van der Waals surface area contributed by atoms with E-state index in [9.17, 15) is 22.4 Å². The van der Waals surface area contributed by atoms with Crippen LogP contribution in [0.25, 0.3) is 0 Å². The van der Waals surface area contributed by atoms with Gasteiger partial charge in [0.15, 0.2) is 0 Å². The SMILES string of the molecule is Cc1ccc(S(=O)(=O)N(CC(=O)N(Cc2cccc(Br)c2)[C@@H](C)C(=O)NC(C)C)c2ccccc2F)cc1. The third-order valence-electron chi connectivity index (χ3n) is 5.85. The molecular weight excluding hydrogens is 573 g/mol. The number of nitrogens with zero attached hydrogens (tertiary/aromatic N) is 2. The third-order valence-corrected chi connectivity index (χ3v) is 8.12. The molecule has 0 saturated carbocycles. The lowest BCUT2D eigenvalue weighted by atomic mass is 10.1. The number of carbonyl (C=O) groups is 2. The van der Waals surface area contributed by atoms with E-state index < -0.39 is 34.3 Å².